The first kappa shape index (κ1) is 15.2. The second-order valence-corrected chi connectivity index (χ2v) is 6.46. The van der Waals surface area contributed by atoms with E-state index in [0.29, 0.717) is 11.3 Å². The molecule has 1 aromatic carbocycles. The average Bonchev–Trinajstić information content (AvgIpc) is 2.91. The zero-order valence-electron chi connectivity index (χ0n) is 11.6. The SMILES string of the molecule is CC(C)NS(=O)(=O)c1ccc(NC(=O)c2cn[nH]c2)cc1. The third kappa shape index (κ3) is 3.89. The van der Waals surface area contributed by atoms with E-state index in [2.05, 4.69) is 20.2 Å². The van der Waals surface area contributed by atoms with Crippen LogP contribution in [0.4, 0.5) is 5.69 Å². The fourth-order valence-corrected chi connectivity index (χ4v) is 2.93. The number of aromatic nitrogens is 2. The predicted octanol–water partition coefficient (Wildman–Crippen LogP) is 1.35. The lowest BCUT2D eigenvalue weighted by molar-refractivity contribution is 0.102. The molecule has 2 rings (SSSR count). The van der Waals surface area contributed by atoms with E-state index in [1.165, 1.54) is 36.7 Å². The van der Waals surface area contributed by atoms with E-state index in [4.69, 9.17) is 0 Å². The van der Waals surface area contributed by atoms with Crippen LogP contribution in [0.2, 0.25) is 0 Å². The van der Waals surface area contributed by atoms with Crippen LogP contribution in [-0.2, 0) is 10.0 Å². The molecule has 2 aromatic rings. The van der Waals surface area contributed by atoms with Crippen LogP contribution in [0.3, 0.4) is 0 Å². The molecule has 0 fully saturated rings. The maximum Gasteiger partial charge on any atom is 0.258 e. The quantitative estimate of drug-likeness (QED) is 0.775. The molecule has 7 nitrogen and oxygen atoms in total. The third-order valence-electron chi connectivity index (χ3n) is 2.57. The highest BCUT2D eigenvalue weighted by Gasteiger charge is 2.15. The number of aromatic amines is 1. The van der Waals surface area contributed by atoms with Gasteiger partial charge in [-0.3, -0.25) is 9.89 Å². The Kier molecular flexibility index (Phi) is 4.39. The molecule has 0 spiro atoms. The van der Waals surface area contributed by atoms with Crippen molar-refractivity contribution in [1.29, 1.82) is 0 Å². The average molecular weight is 308 g/mol. The molecule has 1 amide bonds. The first-order valence-corrected chi connectivity index (χ1v) is 7.79. The summed E-state index contributed by atoms with van der Waals surface area (Å²) in [7, 11) is -3.53. The van der Waals surface area contributed by atoms with Crippen molar-refractivity contribution in [2.75, 3.05) is 5.32 Å². The lowest BCUT2D eigenvalue weighted by Crippen LogP contribution is -2.30. The molecule has 0 unspecified atom stereocenters. The van der Waals surface area contributed by atoms with Gasteiger partial charge in [-0.1, -0.05) is 0 Å². The normalized spacial score (nSPS) is 11.6. The first-order valence-electron chi connectivity index (χ1n) is 6.31. The zero-order valence-corrected chi connectivity index (χ0v) is 12.4. The maximum atomic E-state index is 12.0. The Morgan fingerprint density at radius 1 is 1.24 bits per heavy atom. The highest BCUT2D eigenvalue weighted by Crippen LogP contribution is 2.15. The van der Waals surface area contributed by atoms with Gasteiger partial charge in [0.2, 0.25) is 10.0 Å². The molecule has 0 bridgehead atoms. The predicted molar refractivity (Wildman–Crippen MR) is 78.4 cm³/mol. The Morgan fingerprint density at radius 2 is 1.90 bits per heavy atom. The third-order valence-corrected chi connectivity index (χ3v) is 4.25. The van der Waals surface area contributed by atoms with Crippen molar-refractivity contribution >= 4 is 21.6 Å². The number of hydrogen-bond acceptors (Lipinski definition) is 4. The van der Waals surface area contributed by atoms with Gasteiger partial charge in [0, 0.05) is 17.9 Å². The zero-order chi connectivity index (χ0) is 15.5. The Morgan fingerprint density at radius 3 is 2.43 bits per heavy atom. The summed E-state index contributed by atoms with van der Waals surface area (Å²) in [4.78, 5) is 12.0. The molecule has 8 heteroatoms. The van der Waals surface area contributed by atoms with Crippen LogP contribution in [0.25, 0.3) is 0 Å². The summed E-state index contributed by atoms with van der Waals surface area (Å²) in [5.74, 6) is -0.320. The molecule has 0 radical (unpaired) electrons. The van der Waals surface area contributed by atoms with Gasteiger partial charge in [-0.15, -0.1) is 0 Å². The number of amides is 1. The van der Waals surface area contributed by atoms with Gasteiger partial charge in [-0.2, -0.15) is 5.10 Å². The molecular weight excluding hydrogens is 292 g/mol. The van der Waals surface area contributed by atoms with E-state index in [0.717, 1.165) is 0 Å². The van der Waals surface area contributed by atoms with E-state index in [9.17, 15) is 13.2 Å². The van der Waals surface area contributed by atoms with Gasteiger partial charge < -0.3 is 5.32 Å². The monoisotopic (exact) mass is 308 g/mol. The van der Waals surface area contributed by atoms with Crippen molar-refractivity contribution in [3.8, 4) is 0 Å². The van der Waals surface area contributed by atoms with Crippen molar-refractivity contribution in [2.24, 2.45) is 0 Å². The number of benzene rings is 1. The highest BCUT2D eigenvalue weighted by atomic mass is 32.2. The standard InChI is InChI=1S/C13H16N4O3S/c1-9(2)17-21(19,20)12-5-3-11(4-6-12)16-13(18)10-7-14-15-8-10/h3-9,17H,1-2H3,(H,14,15)(H,16,18). The van der Waals surface area contributed by atoms with Crippen LogP contribution in [0.1, 0.15) is 24.2 Å². The summed E-state index contributed by atoms with van der Waals surface area (Å²) >= 11 is 0. The van der Waals surface area contributed by atoms with Crippen LogP contribution in [-0.4, -0.2) is 30.6 Å². The number of nitrogens with zero attached hydrogens (tertiary/aromatic N) is 1. The summed E-state index contributed by atoms with van der Waals surface area (Å²) < 4.78 is 26.4. The summed E-state index contributed by atoms with van der Waals surface area (Å²) in [6, 6.07) is 5.76. The van der Waals surface area contributed by atoms with Gasteiger partial charge >= 0.3 is 0 Å². The van der Waals surface area contributed by atoms with Crippen LogP contribution in [0.15, 0.2) is 41.6 Å². The van der Waals surface area contributed by atoms with Crippen molar-refractivity contribution in [3.63, 3.8) is 0 Å². The molecule has 0 atom stereocenters. The van der Waals surface area contributed by atoms with Gasteiger partial charge in [0.25, 0.3) is 5.91 Å². The van der Waals surface area contributed by atoms with E-state index in [1.807, 2.05) is 0 Å². The maximum absolute atomic E-state index is 12.0. The Labute approximate surface area is 122 Å². The minimum atomic E-state index is -3.53. The fraction of sp³-hybridized carbons (Fsp3) is 0.231. The largest absolute Gasteiger partial charge is 0.322 e. The lowest BCUT2D eigenvalue weighted by atomic mass is 10.3. The number of carbonyl (C=O) groups is 1. The van der Waals surface area contributed by atoms with Crippen molar-refractivity contribution < 1.29 is 13.2 Å². The summed E-state index contributed by atoms with van der Waals surface area (Å²) in [6.07, 6.45) is 2.88. The van der Waals surface area contributed by atoms with Gasteiger partial charge in [-0.05, 0) is 38.1 Å². The van der Waals surface area contributed by atoms with Crippen LogP contribution >= 0.6 is 0 Å². The summed E-state index contributed by atoms with van der Waals surface area (Å²) in [5, 5.41) is 8.88. The Bertz CT molecular complexity index is 706. The molecule has 0 aliphatic heterocycles. The highest BCUT2D eigenvalue weighted by molar-refractivity contribution is 7.89. The van der Waals surface area contributed by atoms with Gasteiger partial charge in [0.05, 0.1) is 16.7 Å². The Balaban J connectivity index is 2.11. The molecule has 0 saturated heterocycles. The lowest BCUT2D eigenvalue weighted by Gasteiger charge is -2.10. The molecular formula is C13H16N4O3S. The van der Waals surface area contributed by atoms with E-state index in [-0.39, 0.29) is 16.8 Å². The molecule has 1 heterocycles. The fourth-order valence-electron chi connectivity index (χ4n) is 1.67. The van der Waals surface area contributed by atoms with E-state index in [1.54, 1.807) is 13.8 Å². The van der Waals surface area contributed by atoms with Crippen molar-refractivity contribution in [2.45, 2.75) is 24.8 Å². The first-order chi connectivity index (χ1) is 9.88. The Hall–Kier alpha value is -2.19. The van der Waals surface area contributed by atoms with Crippen LogP contribution in [0, 0.1) is 0 Å². The molecule has 3 N–H and O–H groups in total. The number of H-pyrrole nitrogens is 1. The second-order valence-electron chi connectivity index (χ2n) is 4.74. The van der Waals surface area contributed by atoms with E-state index < -0.39 is 10.0 Å². The van der Waals surface area contributed by atoms with E-state index >= 15 is 0 Å². The topological polar surface area (TPSA) is 104 Å². The van der Waals surface area contributed by atoms with Gasteiger partial charge in [0.15, 0.2) is 0 Å². The van der Waals surface area contributed by atoms with Crippen LogP contribution in [0.5, 0.6) is 0 Å². The number of hydrogen-bond donors (Lipinski definition) is 3. The number of sulfonamides is 1. The van der Waals surface area contributed by atoms with Crippen molar-refractivity contribution in [1.82, 2.24) is 14.9 Å². The minimum Gasteiger partial charge on any atom is -0.322 e. The molecule has 0 aliphatic carbocycles. The summed E-state index contributed by atoms with van der Waals surface area (Å²) in [5.41, 5.74) is 0.901. The number of rotatable bonds is 5. The molecule has 0 aliphatic rings. The molecule has 112 valence electrons. The van der Waals surface area contributed by atoms with Crippen molar-refractivity contribution in [3.05, 3.63) is 42.2 Å². The molecule has 1 aromatic heterocycles. The number of anilines is 1. The summed E-state index contributed by atoms with van der Waals surface area (Å²) in [6.45, 7) is 3.49. The van der Waals surface area contributed by atoms with Gasteiger partial charge in [0.1, 0.15) is 0 Å². The second kappa shape index (κ2) is 6.06. The minimum absolute atomic E-state index is 0.150. The number of carbonyl (C=O) groups excluding carboxylic acids is 1. The number of nitrogens with one attached hydrogen (secondary N) is 3. The molecule has 21 heavy (non-hydrogen) atoms. The smallest absolute Gasteiger partial charge is 0.258 e. The molecule has 0 saturated carbocycles. The van der Waals surface area contributed by atoms with Gasteiger partial charge in [-0.25, -0.2) is 13.1 Å². The van der Waals surface area contributed by atoms with Crippen LogP contribution < -0.4 is 10.0 Å².